The molecule has 1 fully saturated rings. The van der Waals surface area contributed by atoms with E-state index in [-0.39, 0.29) is 0 Å². The van der Waals surface area contributed by atoms with Crippen molar-refractivity contribution in [3.8, 4) is 5.75 Å². The minimum Gasteiger partial charge on any atom is -0.490 e. The van der Waals surface area contributed by atoms with Crippen molar-refractivity contribution >= 4 is 17.4 Å². The molecule has 0 radical (unpaired) electrons. The van der Waals surface area contributed by atoms with Gasteiger partial charge >= 0.3 is 0 Å². The predicted octanol–water partition coefficient (Wildman–Crippen LogP) is 4.01. The van der Waals surface area contributed by atoms with Crippen molar-refractivity contribution in [2.24, 2.45) is 0 Å². The van der Waals surface area contributed by atoms with Gasteiger partial charge in [0.25, 0.3) is 0 Å². The fraction of sp³-hybridized carbons (Fsp3) is 0.333. The molecule has 0 atom stereocenters. The molecular formula is C18H22N2OS. The first-order valence-electron chi connectivity index (χ1n) is 7.86. The largest absolute Gasteiger partial charge is 0.490 e. The third kappa shape index (κ3) is 4.42. The Balaban J connectivity index is 0.000000246. The molecule has 0 bridgehead atoms. The quantitative estimate of drug-likeness (QED) is 0.877. The van der Waals surface area contributed by atoms with E-state index in [0.29, 0.717) is 0 Å². The summed E-state index contributed by atoms with van der Waals surface area (Å²) in [6, 6.07) is 16.7. The van der Waals surface area contributed by atoms with E-state index in [1.54, 1.807) is 11.8 Å². The lowest BCUT2D eigenvalue weighted by molar-refractivity contribution is 0.322. The summed E-state index contributed by atoms with van der Waals surface area (Å²) in [7, 11) is 0. The van der Waals surface area contributed by atoms with E-state index < -0.39 is 0 Å². The molecule has 1 saturated heterocycles. The fourth-order valence-corrected chi connectivity index (χ4v) is 3.30. The molecule has 4 rings (SSSR count). The van der Waals surface area contributed by atoms with Crippen LogP contribution in [-0.2, 0) is 0 Å². The molecular weight excluding hydrogens is 292 g/mol. The van der Waals surface area contributed by atoms with Gasteiger partial charge in [-0.3, -0.25) is 0 Å². The van der Waals surface area contributed by atoms with E-state index in [4.69, 9.17) is 4.74 Å². The lowest BCUT2D eigenvalue weighted by Crippen LogP contribution is -2.17. The highest BCUT2D eigenvalue weighted by molar-refractivity contribution is 7.99. The van der Waals surface area contributed by atoms with Gasteiger partial charge in [0.2, 0.25) is 0 Å². The number of ether oxygens (including phenoxy) is 1. The summed E-state index contributed by atoms with van der Waals surface area (Å²) >= 11 is 1.75. The van der Waals surface area contributed by atoms with Crippen LogP contribution in [0.4, 0.5) is 5.69 Å². The number of fused-ring (bicyclic) bond motifs is 1. The number of rotatable bonds is 2. The molecule has 2 heterocycles. The van der Waals surface area contributed by atoms with E-state index in [9.17, 15) is 0 Å². The fourth-order valence-electron chi connectivity index (χ4n) is 2.43. The number of anilines is 1. The Morgan fingerprint density at radius 3 is 2.41 bits per heavy atom. The van der Waals surface area contributed by atoms with Crippen molar-refractivity contribution in [1.82, 2.24) is 5.32 Å². The van der Waals surface area contributed by atoms with E-state index in [0.717, 1.165) is 24.6 Å². The highest BCUT2D eigenvalue weighted by atomic mass is 32.2. The first-order chi connectivity index (χ1) is 10.9. The number of hydrogen-bond acceptors (Lipinski definition) is 4. The van der Waals surface area contributed by atoms with Crippen LogP contribution in [-0.4, -0.2) is 26.2 Å². The zero-order valence-electron chi connectivity index (χ0n) is 12.7. The van der Waals surface area contributed by atoms with Crippen molar-refractivity contribution in [3.05, 3.63) is 48.5 Å². The molecule has 2 N–H and O–H groups in total. The predicted molar refractivity (Wildman–Crippen MR) is 93.1 cm³/mol. The Labute approximate surface area is 136 Å². The average Bonchev–Trinajstić information content (AvgIpc) is 3.15. The molecule has 0 aliphatic carbocycles. The van der Waals surface area contributed by atoms with Gasteiger partial charge in [0.15, 0.2) is 0 Å². The van der Waals surface area contributed by atoms with Crippen molar-refractivity contribution in [2.75, 3.05) is 31.6 Å². The molecule has 0 amide bonds. The normalized spacial score (nSPS) is 15.8. The van der Waals surface area contributed by atoms with Gasteiger partial charge in [-0.15, -0.1) is 0 Å². The van der Waals surface area contributed by atoms with Crippen LogP contribution in [0.5, 0.6) is 5.75 Å². The maximum Gasteiger partial charge on any atom is 0.143 e. The molecule has 2 aromatic carbocycles. The first-order valence-corrected chi connectivity index (χ1v) is 8.68. The highest BCUT2D eigenvalue weighted by Crippen LogP contribution is 2.35. The second-order valence-electron chi connectivity index (χ2n) is 5.31. The Kier molecular flexibility index (Phi) is 5.62. The summed E-state index contributed by atoms with van der Waals surface area (Å²) in [4.78, 5) is 2.45. The molecule has 2 aliphatic heterocycles. The van der Waals surface area contributed by atoms with Gasteiger partial charge in [0.1, 0.15) is 12.4 Å². The van der Waals surface area contributed by atoms with Crippen LogP contribution in [0.25, 0.3) is 0 Å². The van der Waals surface area contributed by atoms with Crippen LogP contribution in [0.15, 0.2) is 58.3 Å². The van der Waals surface area contributed by atoms with Crippen LogP contribution in [0.3, 0.4) is 0 Å². The first kappa shape index (κ1) is 15.3. The molecule has 0 saturated carbocycles. The van der Waals surface area contributed by atoms with Crippen LogP contribution in [0, 0.1) is 0 Å². The van der Waals surface area contributed by atoms with Gasteiger partial charge in [0, 0.05) is 16.3 Å². The van der Waals surface area contributed by atoms with Gasteiger partial charge in [0.05, 0.1) is 5.69 Å². The maximum absolute atomic E-state index is 5.63. The third-order valence-corrected chi connectivity index (χ3v) is 4.56. The summed E-state index contributed by atoms with van der Waals surface area (Å²) in [5, 5.41) is 6.54. The lowest BCUT2D eigenvalue weighted by Gasteiger charge is -2.19. The summed E-state index contributed by atoms with van der Waals surface area (Å²) in [5.41, 5.74) is 1.09. The molecule has 116 valence electrons. The zero-order chi connectivity index (χ0) is 15.0. The van der Waals surface area contributed by atoms with Crippen LogP contribution in [0.1, 0.15) is 12.8 Å². The van der Waals surface area contributed by atoms with E-state index >= 15 is 0 Å². The van der Waals surface area contributed by atoms with E-state index in [2.05, 4.69) is 53.1 Å². The second kappa shape index (κ2) is 8.11. The minimum atomic E-state index is 0.743. The molecule has 2 aromatic rings. The van der Waals surface area contributed by atoms with Gasteiger partial charge in [-0.1, -0.05) is 30.0 Å². The number of nitrogens with one attached hydrogen (secondary N) is 2. The summed E-state index contributed by atoms with van der Waals surface area (Å²) in [6.45, 7) is 4.13. The Morgan fingerprint density at radius 2 is 1.68 bits per heavy atom. The second-order valence-corrected chi connectivity index (χ2v) is 6.45. The monoisotopic (exact) mass is 314 g/mol. The van der Waals surface area contributed by atoms with Gasteiger partial charge < -0.3 is 15.4 Å². The van der Waals surface area contributed by atoms with Gasteiger partial charge in [-0.2, -0.15) is 0 Å². The Morgan fingerprint density at radius 1 is 0.864 bits per heavy atom. The maximum atomic E-state index is 5.63. The molecule has 3 nitrogen and oxygen atoms in total. The summed E-state index contributed by atoms with van der Waals surface area (Å²) in [6.07, 6.45) is 2.78. The lowest BCUT2D eigenvalue weighted by atomic mass is 10.2. The number of hydrogen-bond donors (Lipinski definition) is 2. The molecule has 2 aliphatic rings. The van der Waals surface area contributed by atoms with Crippen molar-refractivity contribution < 1.29 is 4.74 Å². The Bertz CT molecular complexity index is 577. The molecule has 0 unspecified atom stereocenters. The average molecular weight is 314 g/mol. The van der Waals surface area contributed by atoms with Gasteiger partial charge in [-0.25, -0.2) is 0 Å². The van der Waals surface area contributed by atoms with E-state index in [1.807, 2.05) is 6.07 Å². The van der Waals surface area contributed by atoms with Crippen LogP contribution >= 0.6 is 11.8 Å². The van der Waals surface area contributed by atoms with Crippen molar-refractivity contribution in [3.63, 3.8) is 0 Å². The van der Waals surface area contributed by atoms with Crippen LogP contribution < -0.4 is 15.4 Å². The highest BCUT2D eigenvalue weighted by Gasteiger charge is 2.10. The zero-order valence-corrected chi connectivity index (χ0v) is 13.5. The minimum absolute atomic E-state index is 0.743. The SMILES string of the molecule is C1CCNC1.c1ccc(Sc2ccc3c(c2)OCCN3)cc1. The topological polar surface area (TPSA) is 33.3 Å². The van der Waals surface area contributed by atoms with Crippen molar-refractivity contribution in [2.45, 2.75) is 22.6 Å². The van der Waals surface area contributed by atoms with Gasteiger partial charge in [-0.05, 0) is 56.3 Å². The van der Waals surface area contributed by atoms with Crippen LogP contribution in [0.2, 0.25) is 0 Å². The third-order valence-electron chi connectivity index (χ3n) is 3.56. The molecule has 4 heteroatoms. The van der Waals surface area contributed by atoms with E-state index in [1.165, 1.54) is 35.7 Å². The number of benzene rings is 2. The smallest absolute Gasteiger partial charge is 0.143 e. The Hall–Kier alpha value is -1.65. The molecule has 0 spiro atoms. The summed E-state index contributed by atoms with van der Waals surface area (Å²) < 4.78 is 5.63. The summed E-state index contributed by atoms with van der Waals surface area (Å²) in [5.74, 6) is 0.956. The van der Waals surface area contributed by atoms with Crippen molar-refractivity contribution in [1.29, 1.82) is 0 Å². The standard InChI is InChI=1S/C14H13NOS.C4H9N/c1-2-4-11(5-3-1)17-12-6-7-13-14(10-12)16-9-8-15-13;1-2-4-5-3-1/h1-7,10,15H,8-9H2;5H,1-4H2. The molecule has 0 aromatic heterocycles. The molecule has 22 heavy (non-hydrogen) atoms.